The Bertz CT molecular complexity index is 1220. The van der Waals surface area contributed by atoms with Crippen molar-refractivity contribution in [2.75, 3.05) is 12.0 Å². The molecule has 1 heterocycles. The molecule has 0 unspecified atom stereocenters. The monoisotopic (exact) mass is 495 g/mol. The molecule has 4 rings (SSSR count). The fourth-order valence-corrected chi connectivity index (χ4v) is 4.88. The number of anilines is 1. The maximum absolute atomic E-state index is 13.1. The molecule has 33 heavy (non-hydrogen) atoms. The van der Waals surface area contributed by atoms with Gasteiger partial charge in [-0.2, -0.15) is 0 Å². The Morgan fingerprint density at radius 1 is 1.06 bits per heavy atom. The molecule has 3 aromatic carbocycles. The van der Waals surface area contributed by atoms with E-state index in [-0.39, 0.29) is 5.91 Å². The molecular formula is C26H22ClNO3S2. The van der Waals surface area contributed by atoms with Crippen molar-refractivity contribution in [3.05, 3.63) is 93.3 Å². The number of nitrogens with zero attached hydrogens (tertiary/aromatic N) is 1. The summed E-state index contributed by atoms with van der Waals surface area (Å²) in [5.41, 5.74) is 3.70. The van der Waals surface area contributed by atoms with Gasteiger partial charge in [-0.05, 0) is 54.0 Å². The van der Waals surface area contributed by atoms with Crippen LogP contribution in [0.4, 0.5) is 5.69 Å². The van der Waals surface area contributed by atoms with Crippen molar-refractivity contribution in [3.63, 3.8) is 0 Å². The number of benzene rings is 3. The van der Waals surface area contributed by atoms with E-state index in [0.717, 1.165) is 23.2 Å². The molecule has 0 radical (unpaired) electrons. The van der Waals surface area contributed by atoms with Crippen LogP contribution in [0, 0.1) is 0 Å². The molecule has 1 saturated heterocycles. The number of rotatable bonds is 7. The summed E-state index contributed by atoms with van der Waals surface area (Å²) < 4.78 is 12.0. The van der Waals surface area contributed by atoms with E-state index in [9.17, 15) is 4.79 Å². The first-order chi connectivity index (χ1) is 16.0. The Hall–Kier alpha value is -2.80. The van der Waals surface area contributed by atoms with Crippen LogP contribution in [0.1, 0.15) is 23.6 Å². The van der Waals surface area contributed by atoms with Crippen LogP contribution in [-0.2, 0) is 17.8 Å². The summed E-state index contributed by atoms with van der Waals surface area (Å²) in [4.78, 5) is 15.2. The number of ether oxygens (including phenoxy) is 2. The molecule has 0 bridgehead atoms. The van der Waals surface area contributed by atoms with Crippen LogP contribution >= 0.6 is 35.6 Å². The summed E-state index contributed by atoms with van der Waals surface area (Å²) in [7, 11) is 1.58. The van der Waals surface area contributed by atoms with E-state index < -0.39 is 0 Å². The minimum absolute atomic E-state index is 0.132. The van der Waals surface area contributed by atoms with Gasteiger partial charge in [-0.15, -0.1) is 0 Å². The van der Waals surface area contributed by atoms with Crippen molar-refractivity contribution in [1.82, 2.24) is 0 Å². The normalized spacial score (nSPS) is 14.8. The zero-order valence-electron chi connectivity index (χ0n) is 18.2. The molecule has 0 aromatic heterocycles. The van der Waals surface area contributed by atoms with Crippen molar-refractivity contribution in [3.8, 4) is 11.5 Å². The van der Waals surface area contributed by atoms with Crippen molar-refractivity contribution in [2.24, 2.45) is 0 Å². The Kier molecular flexibility index (Phi) is 7.38. The maximum Gasteiger partial charge on any atom is 0.270 e. The summed E-state index contributed by atoms with van der Waals surface area (Å²) in [6.07, 6.45) is 2.76. The first-order valence-electron chi connectivity index (χ1n) is 10.4. The molecule has 0 aliphatic carbocycles. The third kappa shape index (κ3) is 5.24. The van der Waals surface area contributed by atoms with E-state index in [0.29, 0.717) is 32.4 Å². The fourth-order valence-electron chi connectivity index (χ4n) is 3.39. The standard InChI is InChI=1S/C26H22ClNO3S2/c1-3-17-8-11-20(12-9-17)28-25(29)24(33-26(28)32)15-18-10-13-22(23(14-18)30-2)31-16-19-6-4-5-7-21(19)27/h4-15H,3,16H2,1-2H3/b24-15-. The molecule has 1 amide bonds. The fraction of sp³-hybridized carbons (Fsp3) is 0.154. The third-order valence-corrected chi connectivity index (χ3v) is 6.89. The topological polar surface area (TPSA) is 38.8 Å². The van der Waals surface area contributed by atoms with E-state index in [1.807, 2.05) is 72.8 Å². The molecule has 0 spiro atoms. The predicted molar refractivity (Wildman–Crippen MR) is 140 cm³/mol. The lowest BCUT2D eigenvalue weighted by molar-refractivity contribution is -0.113. The van der Waals surface area contributed by atoms with Crippen molar-refractivity contribution in [1.29, 1.82) is 0 Å². The van der Waals surface area contributed by atoms with Gasteiger partial charge in [0.15, 0.2) is 15.8 Å². The zero-order valence-corrected chi connectivity index (χ0v) is 20.6. The van der Waals surface area contributed by atoms with Crippen LogP contribution < -0.4 is 14.4 Å². The molecule has 4 nitrogen and oxygen atoms in total. The SMILES string of the molecule is CCc1ccc(N2C(=O)/C(=C/c3ccc(OCc4ccccc4Cl)c(OC)c3)SC2=S)cc1. The number of methoxy groups -OCH3 is 1. The second-order valence-electron chi connectivity index (χ2n) is 7.33. The van der Waals surface area contributed by atoms with Crippen LogP contribution in [0.15, 0.2) is 71.6 Å². The summed E-state index contributed by atoms with van der Waals surface area (Å²) >= 11 is 13.0. The van der Waals surface area contributed by atoms with Gasteiger partial charge in [-0.25, -0.2) is 0 Å². The molecule has 0 N–H and O–H groups in total. The van der Waals surface area contributed by atoms with E-state index >= 15 is 0 Å². The highest BCUT2D eigenvalue weighted by molar-refractivity contribution is 8.27. The number of hydrogen-bond acceptors (Lipinski definition) is 5. The Balaban J connectivity index is 1.53. The molecular weight excluding hydrogens is 474 g/mol. The van der Waals surface area contributed by atoms with Gasteiger partial charge in [0, 0.05) is 10.6 Å². The number of hydrogen-bond donors (Lipinski definition) is 0. The second-order valence-corrected chi connectivity index (χ2v) is 9.41. The highest BCUT2D eigenvalue weighted by Crippen LogP contribution is 2.37. The average Bonchev–Trinajstić information content (AvgIpc) is 3.11. The van der Waals surface area contributed by atoms with Gasteiger partial charge in [0.25, 0.3) is 5.91 Å². The van der Waals surface area contributed by atoms with Gasteiger partial charge in [-0.1, -0.05) is 78.9 Å². The predicted octanol–water partition coefficient (Wildman–Crippen LogP) is 6.90. The summed E-state index contributed by atoms with van der Waals surface area (Å²) in [5.74, 6) is 1.03. The zero-order chi connectivity index (χ0) is 23.4. The van der Waals surface area contributed by atoms with Crippen LogP contribution in [-0.4, -0.2) is 17.3 Å². The Labute approximate surface area is 208 Å². The highest BCUT2D eigenvalue weighted by Gasteiger charge is 2.33. The third-order valence-electron chi connectivity index (χ3n) is 5.22. The van der Waals surface area contributed by atoms with Crippen LogP contribution in [0.3, 0.4) is 0 Å². The van der Waals surface area contributed by atoms with Crippen LogP contribution in [0.25, 0.3) is 6.08 Å². The van der Waals surface area contributed by atoms with Crippen molar-refractivity contribution < 1.29 is 14.3 Å². The molecule has 168 valence electrons. The summed E-state index contributed by atoms with van der Waals surface area (Å²) in [5, 5.41) is 0.652. The Morgan fingerprint density at radius 3 is 2.52 bits per heavy atom. The lowest BCUT2D eigenvalue weighted by Gasteiger charge is -2.14. The van der Waals surface area contributed by atoms with E-state index in [2.05, 4.69) is 6.92 Å². The number of amides is 1. The van der Waals surface area contributed by atoms with E-state index in [1.54, 1.807) is 12.0 Å². The first kappa shape index (κ1) is 23.4. The lowest BCUT2D eigenvalue weighted by Crippen LogP contribution is -2.27. The Morgan fingerprint density at radius 2 is 1.82 bits per heavy atom. The number of carbonyl (C=O) groups is 1. The molecule has 1 fully saturated rings. The summed E-state index contributed by atoms with van der Waals surface area (Å²) in [6, 6.07) is 21.0. The van der Waals surface area contributed by atoms with Gasteiger partial charge in [0.1, 0.15) is 6.61 Å². The number of aryl methyl sites for hydroxylation is 1. The highest BCUT2D eigenvalue weighted by atomic mass is 35.5. The minimum Gasteiger partial charge on any atom is -0.493 e. The van der Waals surface area contributed by atoms with Gasteiger partial charge >= 0.3 is 0 Å². The van der Waals surface area contributed by atoms with Crippen LogP contribution in [0.2, 0.25) is 5.02 Å². The minimum atomic E-state index is -0.132. The molecule has 0 atom stereocenters. The largest absolute Gasteiger partial charge is 0.493 e. The lowest BCUT2D eigenvalue weighted by atomic mass is 10.1. The van der Waals surface area contributed by atoms with Gasteiger partial charge in [0.05, 0.1) is 17.7 Å². The van der Waals surface area contributed by atoms with E-state index in [4.69, 9.17) is 33.3 Å². The smallest absolute Gasteiger partial charge is 0.270 e. The quantitative estimate of drug-likeness (QED) is 0.263. The molecule has 3 aromatic rings. The van der Waals surface area contributed by atoms with Gasteiger partial charge < -0.3 is 9.47 Å². The van der Waals surface area contributed by atoms with Gasteiger partial charge in [0.2, 0.25) is 0 Å². The maximum atomic E-state index is 13.1. The van der Waals surface area contributed by atoms with Crippen LogP contribution in [0.5, 0.6) is 11.5 Å². The van der Waals surface area contributed by atoms with Crippen molar-refractivity contribution in [2.45, 2.75) is 20.0 Å². The first-order valence-corrected chi connectivity index (χ1v) is 12.0. The number of carbonyl (C=O) groups excluding carboxylic acids is 1. The van der Waals surface area contributed by atoms with E-state index in [1.165, 1.54) is 17.3 Å². The number of halogens is 1. The molecule has 0 saturated carbocycles. The average molecular weight is 496 g/mol. The summed E-state index contributed by atoms with van der Waals surface area (Å²) in [6.45, 7) is 2.42. The second kappa shape index (κ2) is 10.4. The number of thiocarbonyl (C=S) groups is 1. The molecule has 1 aliphatic heterocycles. The van der Waals surface area contributed by atoms with Gasteiger partial charge in [-0.3, -0.25) is 9.69 Å². The molecule has 1 aliphatic rings. The van der Waals surface area contributed by atoms with Crippen molar-refractivity contribution >= 4 is 57.6 Å². The number of thioether (sulfide) groups is 1. The molecule has 7 heteroatoms.